The Hall–Kier alpha value is -1.74. The van der Waals surface area contributed by atoms with E-state index in [-0.39, 0.29) is 23.3 Å². The lowest BCUT2D eigenvalue weighted by molar-refractivity contribution is -0.115. The summed E-state index contributed by atoms with van der Waals surface area (Å²) in [6.45, 7) is 3.37. The van der Waals surface area contributed by atoms with Crippen LogP contribution in [0.25, 0.3) is 0 Å². The van der Waals surface area contributed by atoms with Crippen LogP contribution in [0.4, 0.5) is 5.69 Å². The van der Waals surface area contributed by atoms with Crippen molar-refractivity contribution in [2.75, 3.05) is 11.9 Å². The summed E-state index contributed by atoms with van der Waals surface area (Å²) in [5.74, 6) is -0.0554. The average molecular weight is 409 g/mol. The maximum atomic E-state index is 12.8. The first kappa shape index (κ1) is 20.0. The van der Waals surface area contributed by atoms with E-state index in [9.17, 15) is 18.3 Å². The fourth-order valence-electron chi connectivity index (χ4n) is 3.08. The molecule has 1 aliphatic rings. The number of anilines is 1. The van der Waals surface area contributed by atoms with Crippen molar-refractivity contribution in [3.8, 4) is 0 Å². The minimum absolute atomic E-state index is 0.0612. The standard InChI is InChI=1S/C19H24N2O4S2/c1-3-18(22)21-15-8-9-16(13(2)11-15)27(24,25)20-12-19(23,14-6-7-14)17-5-4-10-26-17/h4-5,8-11,14,20,23H,3,6-7,12H2,1-2H3,(H,21,22). The number of carbonyl (C=O) groups excluding carboxylic acids is 1. The Morgan fingerprint density at radius 2 is 2.07 bits per heavy atom. The van der Waals surface area contributed by atoms with Crippen molar-refractivity contribution in [3.05, 3.63) is 46.2 Å². The van der Waals surface area contributed by atoms with E-state index in [2.05, 4.69) is 10.0 Å². The quantitative estimate of drug-likeness (QED) is 0.626. The first-order valence-corrected chi connectivity index (χ1v) is 11.3. The topological polar surface area (TPSA) is 95.5 Å². The first-order chi connectivity index (χ1) is 12.8. The number of aryl methyl sites for hydroxylation is 1. The minimum atomic E-state index is -3.79. The second-order valence-corrected chi connectivity index (χ2v) is 9.57. The van der Waals surface area contributed by atoms with Crippen molar-refractivity contribution in [2.24, 2.45) is 5.92 Å². The number of carbonyl (C=O) groups is 1. The van der Waals surface area contributed by atoms with E-state index in [0.717, 1.165) is 17.7 Å². The number of amides is 1. The smallest absolute Gasteiger partial charge is 0.240 e. The zero-order chi connectivity index (χ0) is 19.7. The van der Waals surface area contributed by atoms with Gasteiger partial charge >= 0.3 is 0 Å². The molecule has 0 spiro atoms. The van der Waals surface area contributed by atoms with Crippen LogP contribution in [0, 0.1) is 12.8 Å². The van der Waals surface area contributed by atoms with Crippen LogP contribution in [0.1, 0.15) is 36.6 Å². The van der Waals surface area contributed by atoms with Gasteiger partial charge in [-0.3, -0.25) is 4.79 Å². The largest absolute Gasteiger partial charge is 0.383 e. The number of sulfonamides is 1. The second-order valence-electron chi connectivity index (χ2n) is 6.88. The summed E-state index contributed by atoms with van der Waals surface area (Å²) < 4.78 is 28.2. The van der Waals surface area contributed by atoms with Gasteiger partial charge in [-0.05, 0) is 60.9 Å². The predicted molar refractivity (Wildman–Crippen MR) is 106 cm³/mol. The van der Waals surface area contributed by atoms with Gasteiger partial charge in [-0.25, -0.2) is 13.1 Å². The molecule has 1 atom stereocenters. The summed E-state index contributed by atoms with van der Waals surface area (Å²) in [4.78, 5) is 12.4. The minimum Gasteiger partial charge on any atom is -0.383 e. The molecule has 1 amide bonds. The van der Waals surface area contributed by atoms with E-state index < -0.39 is 15.6 Å². The molecular formula is C19H24N2O4S2. The number of thiophene rings is 1. The number of hydrogen-bond acceptors (Lipinski definition) is 5. The third-order valence-electron chi connectivity index (χ3n) is 4.80. The summed E-state index contributed by atoms with van der Waals surface area (Å²) in [5, 5.41) is 15.7. The summed E-state index contributed by atoms with van der Waals surface area (Å²) in [6, 6.07) is 8.38. The number of aliphatic hydroxyl groups is 1. The highest BCUT2D eigenvalue weighted by Crippen LogP contribution is 2.46. The van der Waals surface area contributed by atoms with Crippen LogP contribution in [0.5, 0.6) is 0 Å². The monoisotopic (exact) mass is 408 g/mol. The van der Waals surface area contributed by atoms with Gasteiger partial charge in [0.15, 0.2) is 0 Å². The number of rotatable bonds is 8. The molecule has 1 aliphatic carbocycles. The van der Waals surface area contributed by atoms with Crippen molar-refractivity contribution in [1.29, 1.82) is 0 Å². The molecule has 1 unspecified atom stereocenters. The van der Waals surface area contributed by atoms with E-state index >= 15 is 0 Å². The molecule has 3 rings (SSSR count). The Kier molecular flexibility index (Phi) is 5.71. The van der Waals surface area contributed by atoms with Gasteiger partial charge in [-0.15, -0.1) is 11.3 Å². The van der Waals surface area contributed by atoms with E-state index in [0.29, 0.717) is 17.7 Å². The third kappa shape index (κ3) is 4.40. The highest BCUT2D eigenvalue weighted by Gasteiger charge is 2.46. The average Bonchev–Trinajstić information content (AvgIpc) is 3.34. The van der Waals surface area contributed by atoms with Crippen LogP contribution in [0.15, 0.2) is 40.6 Å². The van der Waals surface area contributed by atoms with Gasteiger partial charge in [0.05, 0.1) is 4.90 Å². The fraction of sp³-hybridized carbons (Fsp3) is 0.421. The maximum absolute atomic E-state index is 12.8. The summed E-state index contributed by atoms with van der Waals surface area (Å²) >= 11 is 1.43. The van der Waals surface area contributed by atoms with Crippen molar-refractivity contribution >= 4 is 33.0 Å². The van der Waals surface area contributed by atoms with E-state index in [1.54, 1.807) is 26.0 Å². The molecule has 8 heteroatoms. The Balaban J connectivity index is 1.77. The normalized spacial score (nSPS) is 16.7. The molecule has 1 aromatic heterocycles. The lowest BCUT2D eigenvalue weighted by Crippen LogP contribution is -2.42. The van der Waals surface area contributed by atoms with Crippen LogP contribution in [-0.2, 0) is 20.4 Å². The van der Waals surface area contributed by atoms with Crippen LogP contribution in [-0.4, -0.2) is 26.0 Å². The van der Waals surface area contributed by atoms with Crippen LogP contribution in [0.2, 0.25) is 0 Å². The number of hydrogen-bond donors (Lipinski definition) is 3. The van der Waals surface area contributed by atoms with E-state index in [4.69, 9.17) is 0 Å². The highest BCUT2D eigenvalue weighted by molar-refractivity contribution is 7.89. The van der Waals surface area contributed by atoms with E-state index in [1.807, 2.05) is 17.5 Å². The molecule has 27 heavy (non-hydrogen) atoms. The fourth-order valence-corrected chi connectivity index (χ4v) is 5.28. The van der Waals surface area contributed by atoms with Gasteiger partial charge in [-0.1, -0.05) is 13.0 Å². The highest BCUT2D eigenvalue weighted by atomic mass is 32.2. The Bertz CT molecular complexity index is 921. The zero-order valence-corrected chi connectivity index (χ0v) is 17.0. The van der Waals surface area contributed by atoms with Gasteiger partial charge in [0.25, 0.3) is 0 Å². The van der Waals surface area contributed by atoms with Gasteiger partial charge in [0.2, 0.25) is 15.9 Å². The molecule has 1 aromatic carbocycles. The molecule has 146 valence electrons. The van der Waals surface area contributed by atoms with Crippen molar-refractivity contribution in [1.82, 2.24) is 4.72 Å². The van der Waals surface area contributed by atoms with Crippen molar-refractivity contribution in [3.63, 3.8) is 0 Å². The van der Waals surface area contributed by atoms with Crippen molar-refractivity contribution in [2.45, 2.75) is 43.6 Å². The number of nitrogens with one attached hydrogen (secondary N) is 2. The zero-order valence-electron chi connectivity index (χ0n) is 15.4. The first-order valence-electron chi connectivity index (χ1n) is 8.93. The molecule has 3 N–H and O–H groups in total. The van der Waals surface area contributed by atoms with Gasteiger partial charge in [0.1, 0.15) is 5.60 Å². The molecule has 0 radical (unpaired) electrons. The molecule has 1 saturated carbocycles. The predicted octanol–water partition coefficient (Wildman–Crippen LogP) is 2.98. The van der Waals surface area contributed by atoms with Crippen LogP contribution < -0.4 is 10.0 Å². The Morgan fingerprint density at radius 3 is 2.63 bits per heavy atom. The van der Waals surface area contributed by atoms with Crippen LogP contribution in [0.3, 0.4) is 0 Å². The van der Waals surface area contributed by atoms with Gasteiger partial charge in [-0.2, -0.15) is 0 Å². The molecule has 1 heterocycles. The van der Waals surface area contributed by atoms with Crippen molar-refractivity contribution < 1.29 is 18.3 Å². The molecule has 2 aromatic rings. The molecule has 0 aliphatic heterocycles. The molecular weight excluding hydrogens is 384 g/mol. The third-order valence-corrected chi connectivity index (χ3v) is 7.40. The SMILES string of the molecule is CCC(=O)Nc1ccc(S(=O)(=O)NCC(O)(c2cccs2)C2CC2)c(C)c1. The Labute approximate surface area is 163 Å². The molecule has 6 nitrogen and oxygen atoms in total. The van der Waals surface area contributed by atoms with E-state index in [1.165, 1.54) is 17.4 Å². The Morgan fingerprint density at radius 1 is 1.33 bits per heavy atom. The summed E-state index contributed by atoms with van der Waals surface area (Å²) in [6.07, 6.45) is 2.13. The van der Waals surface area contributed by atoms with Gasteiger partial charge in [0, 0.05) is 23.5 Å². The molecule has 1 fully saturated rings. The van der Waals surface area contributed by atoms with Gasteiger partial charge < -0.3 is 10.4 Å². The number of benzene rings is 1. The van der Waals surface area contributed by atoms with Crippen LogP contribution >= 0.6 is 11.3 Å². The maximum Gasteiger partial charge on any atom is 0.240 e. The molecule has 0 saturated heterocycles. The summed E-state index contributed by atoms with van der Waals surface area (Å²) in [5.41, 5.74) is -0.0849. The lowest BCUT2D eigenvalue weighted by Gasteiger charge is -2.27. The summed E-state index contributed by atoms with van der Waals surface area (Å²) in [7, 11) is -3.79. The lowest BCUT2D eigenvalue weighted by atomic mass is 9.96. The second kappa shape index (κ2) is 7.71. The molecule has 0 bridgehead atoms.